The molecule has 8 nitrogen and oxygen atoms in total. The number of ether oxygens (including phenoxy) is 1. The van der Waals surface area contributed by atoms with Crippen molar-refractivity contribution in [3.8, 4) is 18.2 Å². The largest absolute Gasteiger partial charge is 0.508 e. The lowest BCUT2D eigenvalue weighted by atomic mass is 10.0. The average Bonchev–Trinajstić information content (AvgIpc) is 2.81. The number of unbranched alkanes of at least 4 members (excludes halogenated alkanes) is 1. The number of hydrogen-bond acceptors (Lipinski definition) is 5. The molecule has 36 heavy (non-hydrogen) atoms. The topological polar surface area (TPSA) is 108 Å². The minimum absolute atomic E-state index is 0.0732. The molecule has 0 fully saturated rings. The molecule has 3 N–H and O–H groups in total. The smallest absolute Gasteiger partial charge is 0.408 e. The van der Waals surface area contributed by atoms with Crippen LogP contribution in [0.4, 0.5) is 4.79 Å². The Morgan fingerprint density at radius 1 is 1.11 bits per heavy atom. The standard InChI is InChI=1S/C28H35N3O5/c1-6-8-17-29-25(33)24(21-15-12-16-22(32)19-21)31(7-2)26(34)23(18-20-13-10-9-11-14-20)30-27(35)36-28(3,4)5/h2,9-16,19,23-24,32H,6,8,17-18H2,1,3-5H3,(H,29,33)(H,30,35). The molecule has 192 valence electrons. The van der Waals surface area contributed by atoms with Crippen molar-refractivity contribution >= 4 is 17.9 Å². The van der Waals surface area contributed by atoms with Crippen LogP contribution in [0, 0.1) is 12.5 Å². The first-order chi connectivity index (χ1) is 17.1. The number of hydrogen-bond donors (Lipinski definition) is 3. The van der Waals surface area contributed by atoms with Crippen molar-refractivity contribution in [1.29, 1.82) is 0 Å². The third-order valence-corrected chi connectivity index (χ3v) is 5.17. The van der Waals surface area contributed by atoms with Gasteiger partial charge in [0.05, 0.1) is 0 Å². The van der Waals surface area contributed by atoms with Gasteiger partial charge in [-0.05, 0) is 50.5 Å². The molecule has 0 radical (unpaired) electrons. The van der Waals surface area contributed by atoms with Crippen molar-refractivity contribution in [2.75, 3.05) is 6.54 Å². The predicted octanol–water partition coefficient (Wildman–Crippen LogP) is 3.90. The summed E-state index contributed by atoms with van der Waals surface area (Å²) in [6.45, 7) is 7.54. The van der Waals surface area contributed by atoms with Crippen LogP contribution in [0.25, 0.3) is 0 Å². The molecule has 0 aliphatic rings. The van der Waals surface area contributed by atoms with Gasteiger partial charge in [-0.15, -0.1) is 0 Å². The summed E-state index contributed by atoms with van der Waals surface area (Å²) < 4.78 is 5.36. The maximum atomic E-state index is 13.8. The summed E-state index contributed by atoms with van der Waals surface area (Å²) in [4.78, 5) is 40.6. The number of amides is 3. The van der Waals surface area contributed by atoms with Crippen LogP contribution in [0.1, 0.15) is 57.7 Å². The summed E-state index contributed by atoms with van der Waals surface area (Å²) in [5.74, 6) is -1.22. The Kier molecular flexibility index (Phi) is 10.4. The molecule has 0 bridgehead atoms. The molecule has 2 aromatic carbocycles. The molecule has 0 saturated heterocycles. The summed E-state index contributed by atoms with van der Waals surface area (Å²) in [7, 11) is 0. The highest BCUT2D eigenvalue weighted by molar-refractivity contribution is 5.93. The van der Waals surface area contributed by atoms with Crippen molar-refractivity contribution in [2.45, 2.75) is 64.6 Å². The highest BCUT2D eigenvalue weighted by Crippen LogP contribution is 2.25. The molecule has 0 heterocycles. The summed E-state index contributed by atoms with van der Waals surface area (Å²) >= 11 is 0. The lowest BCUT2D eigenvalue weighted by Crippen LogP contribution is -2.52. The number of alkyl carbamates (subject to hydrolysis) is 1. The van der Waals surface area contributed by atoms with Crippen molar-refractivity contribution in [3.05, 3.63) is 65.7 Å². The van der Waals surface area contributed by atoms with E-state index < -0.39 is 35.6 Å². The lowest BCUT2D eigenvalue weighted by Gasteiger charge is -2.30. The summed E-state index contributed by atoms with van der Waals surface area (Å²) in [6.07, 6.45) is 6.74. The Hall–Kier alpha value is -3.99. The number of aromatic hydroxyl groups is 1. The third-order valence-electron chi connectivity index (χ3n) is 5.17. The predicted molar refractivity (Wildman–Crippen MR) is 138 cm³/mol. The molecule has 2 unspecified atom stereocenters. The molecule has 2 atom stereocenters. The highest BCUT2D eigenvalue weighted by atomic mass is 16.6. The first-order valence-corrected chi connectivity index (χ1v) is 11.9. The van der Waals surface area contributed by atoms with E-state index in [9.17, 15) is 19.5 Å². The van der Waals surface area contributed by atoms with Crippen molar-refractivity contribution < 1.29 is 24.2 Å². The van der Waals surface area contributed by atoms with Crippen molar-refractivity contribution in [3.63, 3.8) is 0 Å². The molecule has 2 rings (SSSR count). The van der Waals surface area contributed by atoms with Crippen molar-refractivity contribution in [1.82, 2.24) is 15.5 Å². The highest BCUT2D eigenvalue weighted by Gasteiger charge is 2.36. The minimum atomic E-state index is -1.22. The van der Waals surface area contributed by atoms with Gasteiger partial charge in [-0.25, -0.2) is 4.79 Å². The second-order valence-electron chi connectivity index (χ2n) is 9.37. The molecular weight excluding hydrogens is 458 g/mol. The molecule has 2 aromatic rings. The summed E-state index contributed by atoms with van der Waals surface area (Å²) in [5.41, 5.74) is 0.343. The summed E-state index contributed by atoms with van der Waals surface area (Å²) in [5, 5.41) is 15.4. The van der Waals surface area contributed by atoms with E-state index in [2.05, 4.69) is 16.7 Å². The Bertz CT molecular complexity index is 1070. The van der Waals surface area contributed by atoms with Gasteiger partial charge in [-0.2, -0.15) is 0 Å². The Morgan fingerprint density at radius 2 is 1.81 bits per heavy atom. The molecular formula is C28H35N3O5. The van der Waals surface area contributed by atoms with Crippen molar-refractivity contribution in [2.24, 2.45) is 0 Å². The van der Waals surface area contributed by atoms with E-state index in [0.717, 1.165) is 23.3 Å². The van der Waals surface area contributed by atoms with Crippen LogP contribution in [-0.4, -0.2) is 46.1 Å². The van der Waals surface area contributed by atoms with Gasteiger partial charge in [0.25, 0.3) is 5.91 Å². The maximum Gasteiger partial charge on any atom is 0.408 e. The van der Waals surface area contributed by atoms with E-state index in [0.29, 0.717) is 12.1 Å². The van der Waals surface area contributed by atoms with Gasteiger partial charge in [0.2, 0.25) is 5.91 Å². The molecule has 0 aliphatic carbocycles. The average molecular weight is 494 g/mol. The van der Waals surface area contributed by atoms with Gasteiger partial charge >= 0.3 is 6.09 Å². The van der Waals surface area contributed by atoms with Crippen LogP contribution in [0.5, 0.6) is 5.75 Å². The minimum Gasteiger partial charge on any atom is -0.508 e. The van der Waals surface area contributed by atoms with Crippen LogP contribution >= 0.6 is 0 Å². The SMILES string of the molecule is C#CN(C(=O)C(Cc1ccccc1)NC(=O)OC(C)(C)C)C(C(=O)NCCCC)c1cccc(O)c1. The second-order valence-corrected chi connectivity index (χ2v) is 9.37. The first-order valence-electron chi connectivity index (χ1n) is 11.9. The van der Waals surface area contributed by atoms with Crippen LogP contribution in [0.3, 0.4) is 0 Å². The molecule has 0 aromatic heterocycles. The molecule has 3 amide bonds. The number of benzene rings is 2. The van der Waals surface area contributed by atoms with E-state index in [1.54, 1.807) is 32.9 Å². The van der Waals surface area contributed by atoms with E-state index >= 15 is 0 Å². The fourth-order valence-corrected chi connectivity index (χ4v) is 3.53. The number of carbonyl (C=O) groups is 3. The van der Waals surface area contributed by atoms with E-state index in [4.69, 9.17) is 11.2 Å². The molecule has 0 aliphatic heterocycles. The van der Waals surface area contributed by atoms with Gasteiger partial charge < -0.3 is 20.5 Å². The normalized spacial score (nSPS) is 12.5. The Morgan fingerprint density at radius 3 is 2.39 bits per heavy atom. The van der Waals surface area contributed by atoms with E-state index in [1.807, 2.05) is 37.3 Å². The zero-order chi connectivity index (χ0) is 26.7. The van der Waals surface area contributed by atoms with E-state index in [1.165, 1.54) is 12.1 Å². The zero-order valence-corrected chi connectivity index (χ0v) is 21.3. The number of phenolic OH excluding ortho intramolecular Hbond substituents is 1. The Labute approximate surface area is 213 Å². The molecule has 0 saturated carbocycles. The fraction of sp³-hybridized carbons (Fsp3) is 0.393. The number of terminal acetylenes is 1. The number of rotatable bonds is 10. The number of nitrogens with one attached hydrogen (secondary N) is 2. The molecule has 0 spiro atoms. The number of nitrogens with zero attached hydrogens (tertiary/aromatic N) is 1. The first kappa shape index (κ1) is 28.2. The fourth-order valence-electron chi connectivity index (χ4n) is 3.53. The lowest BCUT2D eigenvalue weighted by molar-refractivity contribution is -0.138. The van der Waals surface area contributed by atoms with Crippen LogP contribution in [-0.2, 0) is 20.7 Å². The van der Waals surface area contributed by atoms with Gasteiger partial charge in [0.1, 0.15) is 23.4 Å². The third kappa shape index (κ3) is 8.66. The van der Waals surface area contributed by atoms with Gasteiger partial charge in [-0.3, -0.25) is 14.5 Å². The zero-order valence-electron chi connectivity index (χ0n) is 21.3. The quantitative estimate of drug-likeness (QED) is 0.264. The number of carbonyl (C=O) groups excluding carboxylic acids is 3. The number of phenols is 1. The van der Waals surface area contributed by atoms with Gasteiger partial charge in [0.15, 0.2) is 0 Å². The van der Waals surface area contributed by atoms with Gasteiger partial charge in [-0.1, -0.05) is 62.2 Å². The molecule has 8 heteroatoms. The van der Waals surface area contributed by atoms with Crippen LogP contribution in [0.2, 0.25) is 0 Å². The van der Waals surface area contributed by atoms with Crippen LogP contribution < -0.4 is 10.6 Å². The summed E-state index contributed by atoms with van der Waals surface area (Å²) in [6, 6.07) is 15.1. The Balaban J connectivity index is 2.44. The van der Waals surface area contributed by atoms with Crippen LogP contribution in [0.15, 0.2) is 54.6 Å². The van der Waals surface area contributed by atoms with Gasteiger partial charge in [0, 0.05) is 19.0 Å². The monoisotopic (exact) mass is 493 g/mol. The van der Waals surface area contributed by atoms with E-state index in [-0.39, 0.29) is 12.2 Å². The maximum absolute atomic E-state index is 13.8. The second kappa shape index (κ2) is 13.2.